The monoisotopic (exact) mass is 346 g/mol. The van der Waals surface area contributed by atoms with E-state index in [1.807, 2.05) is 4.90 Å². The molecule has 0 unspecified atom stereocenters. The number of aromatic nitrogens is 2. The third-order valence-corrected chi connectivity index (χ3v) is 4.89. The quantitative estimate of drug-likeness (QED) is 0.873. The molecule has 0 aromatic carbocycles. The van der Waals surface area contributed by atoms with Gasteiger partial charge in [-0.2, -0.15) is 0 Å². The first-order valence-electron chi connectivity index (χ1n) is 8.67. The van der Waals surface area contributed by atoms with Gasteiger partial charge in [0.25, 0.3) is 5.91 Å². The molecule has 0 saturated carbocycles. The first-order valence-corrected chi connectivity index (χ1v) is 8.67. The molecule has 3 heterocycles. The molecule has 2 aliphatic rings. The van der Waals surface area contributed by atoms with Gasteiger partial charge < -0.3 is 14.9 Å². The molecule has 0 spiro atoms. The van der Waals surface area contributed by atoms with E-state index in [0.29, 0.717) is 25.4 Å². The van der Waals surface area contributed by atoms with Gasteiger partial charge in [0.2, 0.25) is 5.91 Å². The summed E-state index contributed by atoms with van der Waals surface area (Å²) in [6, 6.07) is 0. The molecule has 1 aromatic heterocycles. The number of rotatable bonds is 4. The van der Waals surface area contributed by atoms with Crippen LogP contribution in [0.15, 0.2) is 12.4 Å². The minimum Gasteiger partial charge on any atom is -0.476 e. The molecule has 2 saturated heterocycles. The molecule has 0 radical (unpaired) electrons. The lowest BCUT2D eigenvalue weighted by molar-refractivity contribution is -0.134. The minimum absolute atomic E-state index is 0.162. The number of hydrogen-bond acceptors (Lipinski definition) is 5. The van der Waals surface area contributed by atoms with Gasteiger partial charge in [0.1, 0.15) is 5.69 Å². The number of aromatic carboxylic acids is 1. The van der Waals surface area contributed by atoms with Gasteiger partial charge in [-0.3, -0.25) is 9.59 Å². The van der Waals surface area contributed by atoms with Crippen LogP contribution >= 0.6 is 0 Å². The fraction of sp³-hybridized carbons (Fsp3) is 0.588. The van der Waals surface area contributed by atoms with E-state index in [0.717, 1.165) is 45.0 Å². The highest BCUT2D eigenvalue weighted by Crippen LogP contribution is 2.22. The summed E-state index contributed by atoms with van der Waals surface area (Å²) in [5.74, 6) is -0.721. The van der Waals surface area contributed by atoms with E-state index >= 15 is 0 Å². The first-order chi connectivity index (χ1) is 12.0. The fourth-order valence-electron chi connectivity index (χ4n) is 3.40. The van der Waals surface area contributed by atoms with Crippen molar-refractivity contribution in [3.05, 3.63) is 23.8 Å². The Morgan fingerprint density at radius 1 is 1.08 bits per heavy atom. The van der Waals surface area contributed by atoms with Gasteiger partial charge in [-0.1, -0.05) is 0 Å². The van der Waals surface area contributed by atoms with E-state index < -0.39 is 5.97 Å². The zero-order valence-electron chi connectivity index (χ0n) is 14.1. The van der Waals surface area contributed by atoms with Crippen LogP contribution < -0.4 is 0 Å². The number of piperidine rings is 2. The average Bonchev–Trinajstić information content (AvgIpc) is 2.64. The van der Waals surface area contributed by atoms with Gasteiger partial charge in [-0.15, -0.1) is 0 Å². The summed E-state index contributed by atoms with van der Waals surface area (Å²) >= 11 is 0. The van der Waals surface area contributed by atoms with Crippen molar-refractivity contribution in [2.75, 3.05) is 26.2 Å². The van der Waals surface area contributed by atoms with Gasteiger partial charge in [0, 0.05) is 32.6 Å². The summed E-state index contributed by atoms with van der Waals surface area (Å²) in [6.45, 7) is 2.87. The lowest BCUT2D eigenvalue weighted by atomic mass is 9.95. The minimum atomic E-state index is -1.17. The van der Waals surface area contributed by atoms with E-state index in [2.05, 4.69) is 9.97 Å². The predicted octanol–water partition coefficient (Wildman–Crippen LogP) is 1.04. The van der Waals surface area contributed by atoms with Crippen molar-refractivity contribution in [3.8, 4) is 0 Å². The van der Waals surface area contributed by atoms with E-state index in [4.69, 9.17) is 5.11 Å². The summed E-state index contributed by atoms with van der Waals surface area (Å²) in [4.78, 5) is 46.5. The Hall–Kier alpha value is -2.51. The number of carbonyl (C=O) groups is 3. The molecule has 2 aliphatic heterocycles. The van der Waals surface area contributed by atoms with Crippen molar-refractivity contribution in [2.24, 2.45) is 5.92 Å². The van der Waals surface area contributed by atoms with E-state index in [1.165, 1.54) is 6.20 Å². The molecule has 8 nitrogen and oxygen atoms in total. The Labute approximate surface area is 145 Å². The smallest absolute Gasteiger partial charge is 0.356 e. The van der Waals surface area contributed by atoms with Crippen molar-refractivity contribution in [3.63, 3.8) is 0 Å². The Kier molecular flexibility index (Phi) is 5.25. The van der Waals surface area contributed by atoms with Crippen molar-refractivity contribution in [1.82, 2.24) is 19.8 Å². The Bertz CT molecular complexity index is 653. The molecule has 8 heteroatoms. The van der Waals surface area contributed by atoms with Crippen LogP contribution in [0.2, 0.25) is 0 Å². The average molecular weight is 346 g/mol. The fourth-order valence-corrected chi connectivity index (χ4v) is 3.40. The summed E-state index contributed by atoms with van der Waals surface area (Å²) < 4.78 is 0. The number of likely N-dealkylation sites (tertiary alicyclic amines) is 2. The molecule has 2 amide bonds. The van der Waals surface area contributed by atoms with Crippen LogP contribution in [-0.4, -0.2) is 68.8 Å². The SMILES string of the molecule is O=C(O)c1cnc(C(=O)N2CCC(CN3CCCCC3=O)CC2)cn1. The van der Waals surface area contributed by atoms with E-state index in [-0.39, 0.29) is 23.2 Å². The van der Waals surface area contributed by atoms with Gasteiger partial charge in [-0.05, 0) is 31.6 Å². The number of amides is 2. The molecule has 0 aliphatic carbocycles. The van der Waals surface area contributed by atoms with E-state index in [1.54, 1.807) is 4.90 Å². The summed E-state index contributed by atoms with van der Waals surface area (Å²) in [5, 5.41) is 8.82. The number of hydrogen-bond donors (Lipinski definition) is 1. The van der Waals surface area contributed by atoms with E-state index in [9.17, 15) is 14.4 Å². The van der Waals surface area contributed by atoms with Crippen LogP contribution in [0.4, 0.5) is 0 Å². The number of carboxylic acid groups (broad SMARTS) is 1. The predicted molar refractivity (Wildman–Crippen MR) is 88.0 cm³/mol. The molecular weight excluding hydrogens is 324 g/mol. The van der Waals surface area contributed by atoms with Crippen molar-refractivity contribution < 1.29 is 19.5 Å². The highest BCUT2D eigenvalue weighted by atomic mass is 16.4. The highest BCUT2D eigenvalue weighted by molar-refractivity contribution is 5.92. The van der Waals surface area contributed by atoms with Crippen LogP contribution in [0.1, 0.15) is 53.1 Å². The van der Waals surface area contributed by atoms with Crippen LogP contribution in [-0.2, 0) is 4.79 Å². The first kappa shape index (κ1) is 17.3. The lowest BCUT2D eigenvalue weighted by Crippen LogP contribution is -2.44. The Morgan fingerprint density at radius 3 is 2.36 bits per heavy atom. The van der Waals surface area contributed by atoms with Crippen LogP contribution in [0.25, 0.3) is 0 Å². The summed E-state index contributed by atoms with van der Waals surface area (Å²) in [7, 11) is 0. The molecule has 1 N–H and O–H groups in total. The lowest BCUT2D eigenvalue weighted by Gasteiger charge is -2.36. The van der Waals surface area contributed by atoms with Crippen LogP contribution in [0.3, 0.4) is 0 Å². The molecule has 0 bridgehead atoms. The molecule has 134 valence electrons. The van der Waals surface area contributed by atoms with Crippen molar-refractivity contribution in [1.29, 1.82) is 0 Å². The second-order valence-electron chi connectivity index (χ2n) is 6.62. The molecule has 0 atom stereocenters. The van der Waals surface area contributed by atoms with Crippen molar-refractivity contribution >= 4 is 17.8 Å². The molecule has 25 heavy (non-hydrogen) atoms. The van der Waals surface area contributed by atoms with Gasteiger partial charge in [0.15, 0.2) is 5.69 Å². The standard InChI is InChI=1S/C17H22N4O4/c22-15-3-1-2-6-21(15)11-12-4-7-20(8-5-12)16(23)13-9-19-14(10-18-13)17(24)25/h9-10,12H,1-8,11H2,(H,24,25). The zero-order valence-corrected chi connectivity index (χ0v) is 14.1. The molecule has 1 aromatic rings. The second-order valence-corrected chi connectivity index (χ2v) is 6.62. The second kappa shape index (κ2) is 7.58. The summed E-state index contributed by atoms with van der Waals surface area (Å²) in [6.07, 6.45) is 6.75. The molecule has 2 fully saturated rings. The molecular formula is C17H22N4O4. The van der Waals surface area contributed by atoms with Gasteiger partial charge in [0.05, 0.1) is 12.4 Å². The Morgan fingerprint density at radius 2 is 1.76 bits per heavy atom. The summed E-state index contributed by atoms with van der Waals surface area (Å²) in [5.41, 5.74) is -0.0175. The molecule has 3 rings (SSSR count). The van der Waals surface area contributed by atoms with Gasteiger partial charge in [-0.25, -0.2) is 14.8 Å². The van der Waals surface area contributed by atoms with Crippen molar-refractivity contribution in [2.45, 2.75) is 32.1 Å². The number of nitrogens with zero attached hydrogens (tertiary/aromatic N) is 4. The largest absolute Gasteiger partial charge is 0.476 e. The number of carbonyl (C=O) groups excluding carboxylic acids is 2. The highest BCUT2D eigenvalue weighted by Gasteiger charge is 2.28. The third-order valence-electron chi connectivity index (χ3n) is 4.89. The third kappa shape index (κ3) is 4.12. The Balaban J connectivity index is 1.52. The maximum absolute atomic E-state index is 12.4. The van der Waals surface area contributed by atoms with Crippen LogP contribution in [0.5, 0.6) is 0 Å². The maximum Gasteiger partial charge on any atom is 0.356 e. The zero-order chi connectivity index (χ0) is 17.8. The topological polar surface area (TPSA) is 104 Å². The van der Waals surface area contributed by atoms with Crippen LogP contribution in [0, 0.1) is 5.92 Å². The maximum atomic E-state index is 12.4. The normalized spacial score (nSPS) is 19.1. The van der Waals surface area contributed by atoms with Gasteiger partial charge >= 0.3 is 5.97 Å². The number of carboxylic acids is 1.